The molecule has 0 saturated carbocycles. The normalized spacial score (nSPS) is 35.6. The molecule has 0 aromatic carbocycles. The molecule has 2 unspecified atom stereocenters. The number of nitrogens with zero attached hydrogens (tertiary/aromatic N) is 2. The van der Waals surface area contributed by atoms with Crippen LogP contribution in [0.25, 0.3) is 0 Å². The zero-order valence-electron chi connectivity index (χ0n) is 11.8. The Labute approximate surface area is 111 Å². The molecule has 102 valence electrons. The van der Waals surface area contributed by atoms with E-state index < -0.39 is 0 Å². The summed E-state index contributed by atoms with van der Waals surface area (Å²) in [6.07, 6.45) is 7.37. The summed E-state index contributed by atoms with van der Waals surface area (Å²) in [6, 6.07) is 1.44. The van der Waals surface area contributed by atoms with Gasteiger partial charge < -0.3 is 9.80 Å². The van der Waals surface area contributed by atoms with Gasteiger partial charge in [0.2, 0.25) is 0 Å². The summed E-state index contributed by atoms with van der Waals surface area (Å²) in [5, 5.41) is 0. The number of carbonyl (C=O) groups is 1. The predicted molar refractivity (Wildman–Crippen MR) is 72.4 cm³/mol. The first-order valence-electron chi connectivity index (χ1n) is 7.74. The van der Waals surface area contributed by atoms with Crippen molar-refractivity contribution < 1.29 is 4.79 Å². The first-order chi connectivity index (χ1) is 8.66. The third-order valence-electron chi connectivity index (χ3n) is 5.31. The fourth-order valence-corrected chi connectivity index (χ4v) is 4.15. The van der Waals surface area contributed by atoms with Crippen LogP contribution in [0.3, 0.4) is 0 Å². The van der Waals surface area contributed by atoms with E-state index in [-0.39, 0.29) is 0 Å². The average molecular weight is 250 g/mol. The zero-order chi connectivity index (χ0) is 12.7. The number of piperidine rings is 1. The van der Waals surface area contributed by atoms with Crippen LogP contribution in [-0.2, 0) is 0 Å². The lowest BCUT2D eigenvalue weighted by Crippen LogP contribution is -2.52. The maximum atomic E-state index is 12.6. The Hall–Kier alpha value is -0.730. The molecular formula is C15H26N2O. The molecule has 3 aliphatic rings. The summed E-state index contributed by atoms with van der Waals surface area (Å²) in [7, 11) is 0. The van der Waals surface area contributed by atoms with E-state index in [1.165, 1.54) is 38.5 Å². The molecular weight excluding hydrogens is 224 g/mol. The van der Waals surface area contributed by atoms with Gasteiger partial charge in [0.1, 0.15) is 0 Å². The molecule has 0 radical (unpaired) electrons. The van der Waals surface area contributed by atoms with E-state index in [2.05, 4.69) is 23.6 Å². The molecule has 3 fully saturated rings. The molecule has 0 aromatic heterocycles. The van der Waals surface area contributed by atoms with Gasteiger partial charge in [-0.2, -0.15) is 0 Å². The first kappa shape index (κ1) is 12.3. The zero-order valence-corrected chi connectivity index (χ0v) is 11.8. The molecule has 0 spiro atoms. The van der Waals surface area contributed by atoms with E-state index in [4.69, 9.17) is 0 Å². The van der Waals surface area contributed by atoms with Crippen molar-refractivity contribution in [3.8, 4) is 0 Å². The van der Waals surface area contributed by atoms with Crippen LogP contribution in [0.5, 0.6) is 0 Å². The highest BCUT2D eigenvalue weighted by Gasteiger charge is 2.45. The molecule has 3 nitrogen and oxygen atoms in total. The van der Waals surface area contributed by atoms with Crippen LogP contribution in [0.2, 0.25) is 0 Å². The van der Waals surface area contributed by atoms with Gasteiger partial charge in [-0.15, -0.1) is 0 Å². The van der Waals surface area contributed by atoms with Gasteiger partial charge in [0.05, 0.1) is 0 Å². The predicted octanol–water partition coefficient (Wildman–Crippen LogP) is 3.10. The third-order valence-corrected chi connectivity index (χ3v) is 5.31. The Balaban J connectivity index is 1.69. The van der Waals surface area contributed by atoms with Crippen LogP contribution in [0.4, 0.5) is 4.79 Å². The second kappa shape index (κ2) is 4.75. The molecule has 3 rings (SSSR count). The summed E-state index contributed by atoms with van der Waals surface area (Å²) >= 11 is 0. The van der Waals surface area contributed by atoms with Crippen LogP contribution in [-0.4, -0.2) is 41.0 Å². The Morgan fingerprint density at radius 3 is 2.11 bits per heavy atom. The minimum Gasteiger partial charge on any atom is -0.325 e. The Kier molecular flexibility index (Phi) is 3.25. The lowest BCUT2D eigenvalue weighted by Gasteiger charge is -2.42. The Morgan fingerprint density at radius 1 is 1.06 bits per heavy atom. The van der Waals surface area contributed by atoms with E-state index in [0.29, 0.717) is 18.1 Å². The van der Waals surface area contributed by atoms with E-state index in [0.717, 1.165) is 24.9 Å². The molecule has 3 heteroatoms. The molecule has 2 amide bonds. The summed E-state index contributed by atoms with van der Waals surface area (Å²) in [4.78, 5) is 16.9. The largest absolute Gasteiger partial charge is 0.325 e. The number of carbonyl (C=O) groups excluding carboxylic acids is 1. The van der Waals surface area contributed by atoms with Gasteiger partial charge in [-0.05, 0) is 50.4 Å². The van der Waals surface area contributed by atoms with Crippen molar-refractivity contribution in [2.45, 2.75) is 64.5 Å². The second-order valence-corrected chi connectivity index (χ2v) is 6.74. The molecule has 0 aliphatic carbocycles. The van der Waals surface area contributed by atoms with Crippen molar-refractivity contribution in [2.75, 3.05) is 13.1 Å². The quantitative estimate of drug-likeness (QED) is 0.701. The van der Waals surface area contributed by atoms with Crippen molar-refractivity contribution in [3.05, 3.63) is 0 Å². The van der Waals surface area contributed by atoms with Gasteiger partial charge in [-0.3, -0.25) is 0 Å². The maximum absolute atomic E-state index is 12.6. The molecule has 2 atom stereocenters. The third kappa shape index (κ3) is 2.02. The highest BCUT2D eigenvalue weighted by Crippen LogP contribution is 2.42. The van der Waals surface area contributed by atoms with E-state index >= 15 is 0 Å². The lowest BCUT2D eigenvalue weighted by atomic mass is 9.83. The van der Waals surface area contributed by atoms with E-state index in [1.807, 2.05) is 0 Å². The van der Waals surface area contributed by atoms with E-state index in [9.17, 15) is 4.79 Å². The SMILES string of the molecule is CC(C)C1CC2CCC(C1)N2C(=O)N1CCCC1. The van der Waals surface area contributed by atoms with Crippen molar-refractivity contribution >= 4 is 6.03 Å². The van der Waals surface area contributed by atoms with Crippen molar-refractivity contribution in [1.82, 2.24) is 9.80 Å². The summed E-state index contributed by atoms with van der Waals surface area (Å²) in [5.74, 6) is 1.61. The molecule has 3 aliphatic heterocycles. The smallest absolute Gasteiger partial charge is 0.320 e. The van der Waals surface area contributed by atoms with Gasteiger partial charge in [0.25, 0.3) is 0 Å². The number of hydrogen-bond acceptors (Lipinski definition) is 1. The molecule has 0 aromatic rings. The minimum absolute atomic E-state index is 0.349. The molecule has 0 N–H and O–H groups in total. The van der Waals surface area contributed by atoms with Crippen LogP contribution in [0.15, 0.2) is 0 Å². The van der Waals surface area contributed by atoms with Gasteiger partial charge in [-0.1, -0.05) is 13.8 Å². The Bertz CT molecular complexity index is 308. The van der Waals surface area contributed by atoms with Crippen LogP contribution in [0, 0.1) is 11.8 Å². The average Bonchev–Trinajstić information content (AvgIpc) is 2.95. The number of fused-ring (bicyclic) bond motifs is 2. The number of rotatable bonds is 1. The van der Waals surface area contributed by atoms with Gasteiger partial charge in [0.15, 0.2) is 0 Å². The highest BCUT2D eigenvalue weighted by atomic mass is 16.2. The molecule has 3 heterocycles. The van der Waals surface area contributed by atoms with Crippen LogP contribution >= 0.6 is 0 Å². The highest BCUT2D eigenvalue weighted by molar-refractivity contribution is 5.76. The summed E-state index contributed by atoms with van der Waals surface area (Å²) < 4.78 is 0. The first-order valence-corrected chi connectivity index (χ1v) is 7.74. The number of amides is 2. The second-order valence-electron chi connectivity index (χ2n) is 6.74. The Morgan fingerprint density at radius 2 is 1.61 bits per heavy atom. The van der Waals surface area contributed by atoms with Crippen molar-refractivity contribution in [3.63, 3.8) is 0 Å². The van der Waals surface area contributed by atoms with Crippen molar-refractivity contribution in [1.29, 1.82) is 0 Å². The summed E-state index contributed by atoms with van der Waals surface area (Å²) in [6.45, 7) is 6.65. The minimum atomic E-state index is 0.349. The van der Waals surface area contributed by atoms with Gasteiger partial charge >= 0.3 is 6.03 Å². The fourth-order valence-electron chi connectivity index (χ4n) is 4.15. The standard InChI is InChI=1S/C15H26N2O/c1-11(2)12-9-13-5-6-14(10-12)17(13)15(18)16-7-3-4-8-16/h11-14H,3-10H2,1-2H3. The topological polar surface area (TPSA) is 23.6 Å². The molecule has 18 heavy (non-hydrogen) atoms. The fraction of sp³-hybridized carbons (Fsp3) is 0.933. The van der Waals surface area contributed by atoms with Gasteiger partial charge in [0, 0.05) is 25.2 Å². The van der Waals surface area contributed by atoms with Crippen molar-refractivity contribution in [2.24, 2.45) is 11.8 Å². The van der Waals surface area contributed by atoms with Gasteiger partial charge in [-0.25, -0.2) is 4.79 Å². The lowest BCUT2D eigenvalue weighted by molar-refractivity contribution is 0.0863. The number of urea groups is 1. The van der Waals surface area contributed by atoms with Crippen LogP contribution < -0.4 is 0 Å². The monoisotopic (exact) mass is 250 g/mol. The maximum Gasteiger partial charge on any atom is 0.320 e. The summed E-state index contributed by atoms with van der Waals surface area (Å²) in [5.41, 5.74) is 0. The molecule has 2 bridgehead atoms. The number of likely N-dealkylation sites (tertiary alicyclic amines) is 1. The number of hydrogen-bond donors (Lipinski definition) is 0. The van der Waals surface area contributed by atoms with E-state index in [1.54, 1.807) is 0 Å². The van der Waals surface area contributed by atoms with Crippen LogP contribution in [0.1, 0.15) is 52.4 Å². The molecule has 3 saturated heterocycles.